The van der Waals surface area contributed by atoms with Crippen molar-refractivity contribution in [3.63, 3.8) is 0 Å². The summed E-state index contributed by atoms with van der Waals surface area (Å²) in [5.74, 6) is 1.15. The number of amides is 1. The van der Waals surface area contributed by atoms with Crippen molar-refractivity contribution >= 4 is 11.8 Å². The summed E-state index contributed by atoms with van der Waals surface area (Å²) < 4.78 is 10.2. The van der Waals surface area contributed by atoms with Crippen LogP contribution in [0.15, 0.2) is 34.9 Å². The van der Waals surface area contributed by atoms with E-state index in [0.717, 1.165) is 30.8 Å². The molecule has 0 aliphatic carbocycles. The molecule has 24 heavy (non-hydrogen) atoms. The van der Waals surface area contributed by atoms with Gasteiger partial charge in [0.15, 0.2) is 0 Å². The SMILES string of the molecule is COc1ccc(CCCN(C)[C@H](C)C(=O)Nc2cc(C)no2)cc1. The van der Waals surface area contributed by atoms with E-state index in [-0.39, 0.29) is 11.9 Å². The van der Waals surface area contributed by atoms with Gasteiger partial charge < -0.3 is 9.26 Å². The Morgan fingerprint density at radius 2 is 2.08 bits per heavy atom. The maximum atomic E-state index is 12.2. The normalized spacial score (nSPS) is 12.2. The maximum Gasteiger partial charge on any atom is 0.243 e. The van der Waals surface area contributed by atoms with Crippen LogP contribution in [0.2, 0.25) is 0 Å². The number of ether oxygens (including phenoxy) is 1. The zero-order valence-corrected chi connectivity index (χ0v) is 14.7. The summed E-state index contributed by atoms with van der Waals surface area (Å²) in [5.41, 5.74) is 2.00. The molecule has 1 atom stereocenters. The van der Waals surface area contributed by atoms with E-state index in [9.17, 15) is 4.79 Å². The molecule has 0 fully saturated rings. The second kappa shape index (κ2) is 8.49. The minimum absolute atomic E-state index is 0.0990. The number of hydrogen-bond acceptors (Lipinski definition) is 5. The Morgan fingerprint density at radius 1 is 1.38 bits per heavy atom. The van der Waals surface area contributed by atoms with Gasteiger partial charge in [-0.3, -0.25) is 15.0 Å². The van der Waals surface area contributed by atoms with Gasteiger partial charge in [0.2, 0.25) is 11.8 Å². The smallest absolute Gasteiger partial charge is 0.243 e. The van der Waals surface area contributed by atoms with Gasteiger partial charge in [-0.15, -0.1) is 0 Å². The van der Waals surface area contributed by atoms with Gasteiger partial charge >= 0.3 is 0 Å². The van der Waals surface area contributed by atoms with Crippen LogP contribution in [-0.4, -0.2) is 42.7 Å². The summed E-state index contributed by atoms with van der Waals surface area (Å²) in [4.78, 5) is 14.2. The largest absolute Gasteiger partial charge is 0.497 e. The Morgan fingerprint density at radius 3 is 2.67 bits per heavy atom. The van der Waals surface area contributed by atoms with Crippen LogP contribution < -0.4 is 10.1 Å². The highest BCUT2D eigenvalue weighted by Gasteiger charge is 2.19. The topological polar surface area (TPSA) is 67.6 Å². The minimum atomic E-state index is -0.244. The van der Waals surface area contributed by atoms with Crippen molar-refractivity contribution in [3.05, 3.63) is 41.6 Å². The highest BCUT2D eigenvalue weighted by Crippen LogP contribution is 2.13. The van der Waals surface area contributed by atoms with Gasteiger partial charge in [0.25, 0.3) is 0 Å². The van der Waals surface area contributed by atoms with E-state index >= 15 is 0 Å². The maximum absolute atomic E-state index is 12.2. The fraction of sp³-hybridized carbons (Fsp3) is 0.444. The van der Waals surface area contributed by atoms with Gasteiger partial charge in [-0.2, -0.15) is 0 Å². The molecule has 1 amide bonds. The Hall–Kier alpha value is -2.34. The number of carbonyl (C=O) groups excluding carboxylic acids is 1. The van der Waals surface area contributed by atoms with Gasteiger partial charge in [-0.1, -0.05) is 17.3 Å². The number of nitrogens with zero attached hydrogens (tertiary/aromatic N) is 2. The van der Waals surface area contributed by atoms with Crippen molar-refractivity contribution < 1.29 is 14.1 Å². The van der Waals surface area contributed by atoms with Crippen LogP contribution in [0.5, 0.6) is 5.75 Å². The Bertz CT molecular complexity index is 652. The second-order valence-electron chi connectivity index (χ2n) is 5.93. The predicted molar refractivity (Wildman–Crippen MR) is 93.3 cm³/mol. The van der Waals surface area contributed by atoms with Crippen molar-refractivity contribution in [3.8, 4) is 5.75 Å². The van der Waals surface area contributed by atoms with Gasteiger partial charge in [0.05, 0.1) is 18.8 Å². The first-order chi connectivity index (χ1) is 11.5. The molecule has 1 N–H and O–H groups in total. The van der Waals surface area contributed by atoms with Gasteiger partial charge in [-0.05, 0) is 58.0 Å². The standard InChI is InChI=1S/C18H25N3O3/c1-13-12-17(24-20-13)19-18(22)14(2)21(3)11-5-6-15-7-9-16(23-4)10-8-15/h7-10,12,14H,5-6,11H2,1-4H3,(H,19,22)/t14-/m1/s1. The second-order valence-corrected chi connectivity index (χ2v) is 5.93. The zero-order valence-electron chi connectivity index (χ0n) is 14.7. The molecule has 0 unspecified atom stereocenters. The van der Waals surface area contributed by atoms with Gasteiger partial charge in [0, 0.05) is 6.07 Å². The quantitative estimate of drug-likeness (QED) is 0.805. The molecule has 0 saturated carbocycles. The molecule has 6 heteroatoms. The summed E-state index contributed by atoms with van der Waals surface area (Å²) in [6.07, 6.45) is 1.94. The molecule has 1 aromatic heterocycles. The number of carbonyl (C=O) groups is 1. The number of likely N-dealkylation sites (N-methyl/N-ethyl adjacent to an activating group) is 1. The summed E-state index contributed by atoms with van der Waals surface area (Å²) in [5, 5.41) is 6.50. The number of nitrogens with one attached hydrogen (secondary N) is 1. The lowest BCUT2D eigenvalue weighted by Crippen LogP contribution is -2.40. The van der Waals surface area contributed by atoms with E-state index in [0.29, 0.717) is 5.88 Å². The lowest BCUT2D eigenvalue weighted by molar-refractivity contribution is -0.120. The number of benzene rings is 1. The highest BCUT2D eigenvalue weighted by atomic mass is 16.5. The first-order valence-electron chi connectivity index (χ1n) is 8.07. The van der Waals surface area contributed by atoms with E-state index in [1.807, 2.05) is 37.9 Å². The Balaban J connectivity index is 1.76. The fourth-order valence-corrected chi connectivity index (χ4v) is 2.37. The number of anilines is 1. The molecule has 0 aliphatic rings. The molecule has 2 rings (SSSR count). The van der Waals surface area contributed by atoms with Crippen molar-refractivity contribution in [2.45, 2.75) is 32.7 Å². The molecule has 2 aromatic rings. The number of hydrogen-bond donors (Lipinski definition) is 1. The van der Waals surface area contributed by atoms with E-state index in [2.05, 4.69) is 22.6 Å². The summed E-state index contributed by atoms with van der Waals surface area (Å²) in [6.45, 7) is 4.52. The van der Waals surface area contributed by atoms with Crippen molar-refractivity contribution in [2.75, 3.05) is 26.0 Å². The lowest BCUT2D eigenvalue weighted by Gasteiger charge is -2.23. The number of methoxy groups -OCH3 is 1. The van der Waals surface area contributed by atoms with E-state index in [1.165, 1.54) is 5.56 Å². The molecule has 130 valence electrons. The van der Waals surface area contributed by atoms with Crippen LogP contribution in [0.3, 0.4) is 0 Å². The van der Waals surface area contributed by atoms with Gasteiger partial charge in [0.1, 0.15) is 5.75 Å². The molecule has 1 aromatic carbocycles. The highest BCUT2D eigenvalue weighted by molar-refractivity contribution is 5.93. The summed E-state index contributed by atoms with van der Waals surface area (Å²) in [7, 11) is 3.61. The lowest BCUT2D eigenvalue weighted by atomic mass is 10.1. The third-order valence-electron chi connectivity index (χ3n) is 4.05. The van der Waals surface area contributed by atoms with Crippen molar-refractivity contribution in [1.29, 1.82) is 0 Å². The van der Waals surface area contributed by atoms with E-state index < -0.39 is 0 Å². The molecule has 0 saturated heterocycles. The molecule has 0 radical (unpaired) electrons. The van der Waals surface area contributed by atoms with Crippen LogP contribution in [0.25, 0.3) is 0 Å². The Labute approximate surface area is 142 Å². The number of aromatic nitrogens is 1. The van der Waals surface area contributed by atoms with Gasteiger partial charge in [-0.25, -0.2) is 0 Å². The first-order valence-corrected chi connectivity index (χ1v) is 8.07. The van der Waals surface area contributed by atoms with Crippen LogP contribution in [0.1, 0.15) is 24.6 Å². The third-order valence-corrected chi connectivity index (χ3v) is 4.05. The van der Waals surface area contributed by atoms with Crippen molar-refractivity contribution in [2.24, 2.45) is 0 Å². The minimum Gasteiger partial charge on any atom is -0.497 e. The summed E-state index contributed by atoms with van der Waals surface area (Å²) >= 11 is 0. The fourth-order valence-electron chi connectivity index (χ4n) is 2.37. The average molecular weight is 331 g/mol. The van der Waals surface area contributed by atoms with Crippen LogP contribution in [0.4, 0.5) is 5.88 Å². The monoisotopic (exact) mass is 331 g/mol. The Kier molecular flexibility index (Phi) is 6.37. The molecular formula is C18H25N3O3. The summed E-state index contributed by atoms with van der Waals surface area (Å²) in [6, 6.07) is 9.53. The third kappa shape index (κ3) is 5.09. The molecule has 0 bridgehead atoms. The van der Waals surface area contributed by atoms with Crippen LogP contribution in [-0.2, 0) is 11.2 Å². The van der Waals surface area contributed by atoms with Crippen LogP contribution in [0, 0.1) is 6.92 Å². The molecule has 0 spiro atoms. The molecule has 1 heterocycles. The van der Waals surface area contributed by atoms with Crippen molar-refractivity contribution in [1.82, 2.24) is 10.1 Å². The first kappa shape index (κ1) is 18.0. The average Bonchev–Trinajstić information content (AvgIpc) is 2.99. The molecule has 0 aliphatic heterocycles. The predicted octanol–water partition coefficient (Wildman–Crippen LogP) is 2.88. The molecular weight excluding hydrogens is 306 g/mol. The molecule has 6 nitrogen and oxygen atoms in total. The number of aryl methyl sites for hydroxylation is 2. The van der Waals surface area contributed by atoms with E-state index in [4.69, 9.17) is 9.26 Å². The zero-order chi connectivity index (χ0) is 17.5. The van der Waals surface area contributed by atoms with Crippen LogP contribution >= 0.6 is 0 Å². The van der Waals surface area contributed by atoms with E-state index in [1.54, 1.807) is 13.2 Å². The number of rotatable bonds is 8.